The minimum atomic E-state index is -0.454. The third kappa shape index (κ3) is 3.27. The van der Waals surface area contributed by atoms with Crippen LogP contribution in [0.4, 0.5) is 0 Å². The lowest BCUT2D eigenvalue weighted by Crippen LogP contribution is -2.06. The second-order valence-electron chi connectivity index (χ2n) is 3.51. The molecule has 0 heterocycles. The summed E-state index contributed by atoms with van der Waals surface area (Å²) >= 11 is 0. The number of phenolic OH excluding ortho intramolecular Hbond substituents is 1. The number of carbonyl (C=O) groups is 1. The smallest absolute Gasteiger partial charge is 0.341 e. The summed E-state index contributed by atoms with van der Waals surface area (Å²) in [6.45, 7) is 4.29. The zero-order chi connectivity index (χ0) is 11.3. The van der Waals surface area contributed by atoms with Crippen molar-refractivity contribution >= 4 is 5.97 Å². The molecule has 1 aromatic carbocycles. The van der Waals surface area contributed by atoms with Gasteiger partial charge in [0.2, 0.25) is 0 Å². The van der Waals surface area contributed by atoms with E-state index in [0.29, 0.717) is 6.61 Å². The molecule has 1 aromatic rings. The zero-order valence-electron chi connectivity index (χ0n) is 9.12. The lowest BCUT2D eigenvalue weighted by molar-refractivity contribution is 0.0496. The topological polar surface area (TPSA) is 46.5 Å². The number of aromatic hydroxyl groups is 1. The van der Waals surface area contributed by atoms with Gasteiger partial charge in [-0.1, -0.05) is 25.0 Å². The van der Waals surface area contributed by atoms with Crippen molar-refractivity contribution in [3.8, 4) is 5.75 Å². The minimum absolute atomic E-state index is 0.0258. The molecule has 0 bridgehead atoms. The molecule has 0 aliphatic carbocycles. The predicted octanol–water partition coefficient (Wildman–Crippen LogP) is 2.66. The Morgan fingerprint density at radius 1 is 1.47 bits per heavy atom. The molecule has 0 fully saturated rings. The van der Waals surface area contributed by atoms with Crippen molar-refractivity contribution in [3.63, 3.8) is 0 Å². The van der Waals surface area contributed by atoms with Gasteiger partial charge in [0.05, 0.1) is 6.61 Å². The van der Waals surface area contributed by atoms with Crippen molar-refractivity contribution in [2.75, 3.05) is 6.61 Å². The Bertz CT molecular complexity index is 345. The van der Waals surface area contributed by atoms with Crippen molar-refractivity contribution in [2.24, 2.45) is 0 Å². The molecular formula is C12H16O3. The number of benzene rings is 1. The van der Waals surface area contributed by atoms with Gasteiger partial charge in [0.1, 0.15) is 11.3 Å². The fourth-order valence-corrected chi connectivity index (χ4v) is 1.20. The second kappa shape index (κ2) is 5.39. The quantitative estimate of drug-likeness (QED) is 0.611. The first kappa shape index (κ1) is 11.6. The van der Waals surface area contributed by atoms with Crippen molar-refractivity contribution in [2.45, 2.75) is 26.7 Å². The monoisotopic (exact) mass is 208 g/mol. The van der Waals surface area contributed by atoms with Crippen molar-refractivity contribution in [1.29, 1.82) is 0 Å². The maximum atomic E-state index is 11.5. The molecule has 3 heteroatoms. The van der Waals surface area contributed by atoms with Crippen molar-refractivity contribution in [3.05, 3.63) is 29.3 Å². The van der Waals surface area contributed by atoms with E-state index in [2.05, 4.69) is 0 Å². The van der Waals surface area contributed by atoms with Gasteiger partial charge >= 0.3 is 5.97 Å². The Hall–Kier alpha value is -1.51. The predicted molar refractivity (Wildman–Crippen MR) is 58.0 cm³/mol. The molecule has 3 nitrogen and oxygen atoms in total. The Kier molecular flexibility index (Phi) is 4.16. The van der Waals surface area contributed by atoms with Gasteiger partial charge in [-0.25, -0.2) is 4.79 Å². The average Bonchev–Trinajstić information content (AvgIpc) is 2.22. The van der Waals surface area contributed by atoms with E-state index in [9.17, 15) is 9.90 Å². The third-order valence-corrected chi connectivity index (χ3v) is 2.10. The molecule has 0 saturated heterocycles. The van der Waals surface area contributed by atoms with E-state index in [0.717, 1.165) is 18.4 Å². The number of hydrogen-bond acceptors (Lipinski definition) is 3. The second-order valence-corrected chi connectivity index (χ2v) is 3.51. The van der Waals surface area contributed by atoms with Crippen LogP contribution >= 0.6 is 0 Å². The molecule has 0 atom stereocenters. The number of esters is 1. The first-order valence-corrected chi connectivity index (χ1v) is 5.12. The van der Waals surface area contributed by atoms with Crippen LogP contribution in [0.3, 0.4) is 0 Å². The highest BCUT2D eigenvalue weighted by molar-refractivity contribution is 5.92. The molecule has 0 radical (unpaired) electrons. The molecule has 0 amide bonds. The van der Waals surface area contributed by atoms with E-state index in [1.54, 1.807) is 12.1 Å². The maximum absolute atomic E-state index is 11.5. The molecule has 1 N–H and O–H groups in total. The van der Waals surface area contributed by atoms with Crippen molar-refractivity contribution in [1.82, 2.24) is 0 Å². The maximum Gasteiger partial charge on any atom is 0.341 e. The molecule has 0 aliphatic rings. The summed E-state index contributed by atoms with van der Waals surface area (Å²) < 4.78 is 5.01. The Balaban J connectivity index is 2.68. The number of phenols is 1. The number of ether oxygens (including phenoxy) is 1. The highest BCUT2D eigenvalue weighted by atomic mass is 16.5. The Labute approximate surface area is 89.7 Å². The summed E-state index contributed by atoms with van der Waals surface area (Å²) in [7, 11) is 0. The van der Waals surface area contributed by atoms with E-state index < -0.39 is 5.97 Å². The fourth-order valence-electron chi connectivity index (χ4n) is 1.20. The van der Waals surface area contributed by atoms with Crippen LogP contribution in [0.1, 0.15) is 35.7 Å². The van der Waals surface area contributed by atoms with Crippen LogP contribution in [0, 0.1) is 6.92 Å². The van der Waals surface area contributed by atoms with Gasteiger partial charge in [-0.15, -0.1) is 0 Å². The Morgan fingerprint density at radius 3 is 2.87 bits per heavy atom. The van der Waals surface area contributed by atoms with Gasteiger partial charge < -0.3 is 9.84 Å². The number of hydrogen-bond donors (Lipinski definition) is 1. The molecule has 0 aromatic heterocycles. The number of unbranched alkanes of at least 4 members (excludes halogenated alkanes) is 1. The Morgan fingerprint density at radius 2 is 2.20 bits per heavy atom. The zero-order valence-corrected chi connectivity index (χ0v) is 9.12. The number of aryl methyl sites for hydroxylation is 1. The van der Waals surface area contributed by atoms with Crippen LogP contribution < -0.4 is 0 Å². The van der Waals surface area contributed by atoms with E-state index in [-0.39, 0.29) is 11.3 Å². The van der Waals surface area contributed by atoms with Crippen molar-refractivity contribution < 1.29 is 14.6 Å². The van der Waals surface area contributed by atoms with Gasteiger partial charge in [0.15, 0.2) is 0 Å². The first-order valence-electron chi connectivity index (χ1n) is 5.12. The van der Waals surface area contributed by atoms with Crippen LogP contribution in [0.2, 0.25) is 0 Å². The highest BCUT2D eigenvalue weighted by Crippen LogP contribution is 2.19. The SMILES string of the molecule is CCCCOC(=O)c1cc(C)ccc1O. The molecule has 0 aliphatic heterocycles. The molecule has 15 heavy (non-hydrogen) atoms. The summed E-state index contributed by atoms with van der Waals surface area (Å²) in [6, 6.07) is 4.88. The molecule has 0 unspecified atom stereocenters. The fraction of sp³-hybridized carbons (Fsp3) is 0.417. The third-order valence-electron chi connectivity index (χ3n) is 2.10. The van der Waals surface area contributed by atoms with Crippen LogP contribution in [0.15, 0.2) is 18.2 Å². The lowest BCUT2D eigenvalue weighted by atomic mass is 10.1. The van der Waals surface area contributed by atoms with E-state index in [1.165, 1.54) is 6.07 Å². The summed E-state index contributed by atoms with van der Waals surface area (Å²) in [5.41, 5.74) is 1.17. The molecule has 0 saturated carbocycles. The van der Waals surface area contributed by atoms with Gasteiger partial charge in [-0.05, 0) is 25.5 Å². The first-order chi connectivity index (χ1) is 7.15. The molecule has 0 spiro atoms. The molecular weight excluding hydrogens is 192 g/mol. The van der Waals surface area contributed by atoms with Gasteiger partial charge in [-0.3, -0.25) is 0 Å². The van der Waals surface area contributed by atoms with E-state index in [4.69, 9.17) is 4.74 Å². The van der Waals surface area contributed by atoms with Crippen LogP contribution in [0.5, 0.6) is 5.75 Å². The average molecular weight is 208 g/mol. The van der Waals surface area contributed by atoms with Gasteiger partial charge in [-0.2, -0.15) is 0 Å². The summed E-state index contributed by atoms with van der Waals surface area (Å²) in [5.74, 6) is -0.480. The number of carbonyl (C=O) groups excluding carboxylic acids is 1. The largest absolute Gasteiger partial charge is 0.507 e. The van der Waals surface area contributed by atoms with E-state index >= 15 is 0 Å². The highest BCUT2D eigenvalue weighted by Gasteiger charge is 2.11. The minimum Gasteiger partial charge on any atom is -0.507 e. The summed E-state index contributed by atoms with van der Waals surface area (Å²) in [5, 5.41) is 9.46. The summed E-state index contributed by atoms with van der Waals surface area (Å²) in [6.07, 6.45) is 1.82. The van der Waals surface area contributed by atoms with Crippen LogP contribution in [-0.2, 0) is 4.74 Å². The van der Waals surface area contributed by atoms with Crippen LogP contribution in [0.25, 0.3) is 0 Å². The standard InChI is InChI=1S/C12H16O3/c1-3-4-7-15-12(14)10-8-9(2)5-6-11(10)13/h5-6,8,13H,3-4,7H2,1-2H3. The normalized spacial score (nSPS) is 10.0. The van der Waals surface area contributed by atoms with Gasteiger partial charge in [0, 0.05) is 0 Å². The molecule has 1 rings (SSSR count). The van der Waals surface area contributed by atoms with Crippen LogP contribution in [-0.4, -0.2) is 17.7 Å². The van der Waals surface area contributed by atoms with E-state index in [1.807, 2.05) is 13.8 Å². The lowest BCUT2D eigenvalue weighted by Gasteiger charge is -2.06. The summed E-state index contributed by atoms with van der Waals surface area (Å²) in [4.78, 5) is 11.5. The molecule has 82 valence electrons. The number of rotatable bonds is 4. The van der Waals surface area contributed by atoms with Gasteiger partial charge in [0.25, 0.3) is 0 Å².